The Morgan fingerprint density at radius 1 is 1.12 bits per heavy atom. The molecule has 2 aromatic carbocycles. The highest BCUT2D eigenvalue weighted by atomic mass is 16.4. The van der Waals surface area contributed by atoms with Gasteiger partial charge in [-0.2, -0.15) is 0 Å². The summed E-state index contributed by atoms with van der Waals surface area (Å²) in [5, 5.41) is 15.3. The molecule has 2 heterocycles. The number of nitrogens with one attached hydrogen (secondary N) is 2. The second-order valence-electron chi connectivity index (χ2n) is 5.87. The molecule has 6 nitrogen and oxygen atoms in total. The topological polar surface area (TPSA) is 81.7 Å². The quantitative estimate of drug-likeness (QED) is 0.703. The molecule has 0 saturated carbocycles. The van der Waals surface area contributed by atoms with E-state index in [2.05, 4.69) is 15.5 Å². The number of nitrogens with zero attached hydrogens (tertiary/aromatic N) is 1. The lowest BCUT2D eigenvalue weighted by atomic mass is 10.0. The van der Waals surface area contributed by atoms with E-state index >= 15 is 0 Å². The van der Waals surface area contributed by atoms with Gasteiger partial charge in [0, 0.05) is 24.0 Å². The van der Waals surface area contributed by atoms with Crippen molar-refractivity contribution in [2.24, 2.45) is 0 Å². The maximum atomic E-state index is 12.5. The summed E-state index contributed by atoms with van der Waals surface area (Å²) in [5.74, 6) is -1.23. The average Bonchev–Trinajstić information content (AvgIpc) is 2.89. The van der Waals surface area contributed by atoms with Crippen molar-refractivity contribution in [2.45, 2.75) is 0 Å². The normalized spacial score (nSPS) is 18.5. The van der Waals surface area contributed by atoms with Gasteiger partial charge in [-0.1, -0.05) is 12.1 Å². The van der Waals surface area contributed by atoms with Gasteiger partial charge in [0.15, 0.2) is 0 Å². The Balaban J connectivity index is 1.86. The number of aromatic carboxylic acids is 1. The van der Waals surface area contributed by atoms with E-state index in [4.69, 9.17) is 0 Å². The lowest BCUT2D eigenvalue weighted by Gasteiger charge is -2.31. The predicted molar refractivity (Wildman–Crippen MR) is 92.3 cm³/mol. The van der Waals surface area contributed by atoms with Crippen molar-refractivity contribution in [3.63, 3.8) is 0 Å². The second kappa shape index (κ2) is 5.13. The van der Waals surface area contributed by atoms with Gasteiger partial charge in [-0.15, -0.1) is 0 Å². The van der Waals surface area contributed by atoms with E-state index < -0.39 is 5.97 Å². The van der Waals surface area contributed by atoms with Gasteiger partial charge in [-0.3, -0.25) is 4.79 Å². The minimum absolute atomic E-state index is 0.160. The molecule has 2 aliphatic rings. The van der Waals surface area contributed by atoms with Gasteiger partial charge in [0.1, 0.15) is 0 Å². The molecule has 24 heavy (non-hydrogen) atoms. The molecular weight excluding hydrogens is 306 g/mol. The number of rotatable bonds is 1. The first-order valence-corrected chi connectivity index (χ1v) is 7.54. The molecule has 0 unspecified atom stereocenters. The van der Waals surface area contributed by atoms with Gasteiger partial charge >= 0.3 is 5.97 Å². The molecule has 0 saturated heterocycles. The highest BCUT2D eigenvalue weighted by Gasteiger charge is 2.30. The molecule has 0 fully saturated rings. The van der Waals surface area contributed by atoms with Crippen molar-refractivity contribution in [3.8, 4) is 0 Å². The smallest absolute Gasteiger partial charge is 0.335 e. The van der Waals surface area contributed by atoms with E-state index in [0.29, 0.717) is 23.4 Å². The number of carboxylic acid groups (broad SMARTS) is 1. The van der Waals surface area contributed by atoms with E-state index in [9.17, 15) is 14.7 Å². The number of carbonyl (C=O) groups is 2. The molecule has 120 valence electrons. The van der Waals surface area contributed by atoms with E-state index in [1.807, 2.05) is 31.3 Å². The molecule has 0 spiro atoms. The molecule has 0 aliphatic carbocycles. The summed E-state index contributed by atoms with van der Waals surface area (Å²) in [6.45, 7) is 0.538. The van der Waals surface area contributed by atoms with Gasteiger partial charge in [0.25, 0.3) is 5.91 Å². The third kappa shape index (κ3) is 2.11. The molecule has 2 aromatic rings. The van der Waals surface area contributed by atoms with Crippen LogP contribution in [0, 0.1) is 0 Å². The summed E-state index contributed by atoms with van der Waals surface area (Å²) in [6, 6.07) is 12.5. The fourth-order valence-electron chi connectivity index (χ4n) is 3.18. The van der Waals surface area contributed by atoms with Gasteiger partial charge in [-0.05, 0) is 30.3 Å². The number of amides is 1. The molecule has 3 N–H and O–H groups in total. The van der Waals surface area contributed by atoms with Crippen LogP contribution in [0.4, 0.5) is 17.1 Å². The number of carboxylic acids is 1. The Labute approximate surface area is 138 Å². The van der Waals surface area contributed by atoms with Gasteiger partial charge in [0.2, 0.25) is 0 Å². The van der Waals surface area contributed by atoms with Crippen LogP contribution in [0.3, 0.4) is 0 Å². The Hall–Kier alpha value is -3.28. The summed E-state index contributed by atoms with van der Waals surface area (Å²) in [4.78, 5) is 25.7. The van der Waals surface area contributed by atoms with Crippen LogP contribution in [0.25, 0.3) is 5.57 Å². The first-order valence-electron chi connectivity index (χ1n) is 7.54. The highest BCUT2D eigenvalue weighted by molar-refractivity contribution is 6.33. The van der Waals surface area contributed by atoms with E-state index in [1.54, 1.807) is 12.1 Å². The van der Waals surface area contributed by atoms with Crippen LogP contribution in [-0.2, 0) is 4.79 Å². The number of likely N-dealkylation sites (N-methyl/N-ethyl adjacent to an activating group) is 1. The Kier molecular flexibility index (Phi) is 3.06. The van der Waals surface area contributed by atoms with Crippen molar-refractivity contribution in [3.05, 3.63) is 59.3 Å². The standard InChI is InChI=1S/C18H15N3O3/c1-21-9-14(19-13-4-2-3-5-15(13)21)16-11-8-10(18(23)24)6-7-12(11)20-17(16)22/h2-8,19H,9H2,1H3,(H,20,22)(H,23,24)/b16-14-. The molecule has 0 atom stereocenters. The van der Waals surface area contributed by atoms with Crippen molar-refractivity contribution in [1.82, 2.24) is 0 Å². The van der Waals surface area contributed by atoms with E-state index in [1.165, 1.54) is 6.07 Å². The zero-order chi connectivity index (χ0) is 16.8. The van der Waals surface area contributed by atoms with Crippen LogP contribution in [0.15, 0.2) is 48.2 Å². The Morgan fingerprint density at radius 2 is 1.92 bits per heavy atom. The van der Waals surface area contributed by atoms with Crippen molar-refractivity contribution >= 4 is 34.5 Å². The Morgan fingerprint density at radius 3 is 2.71 bits per heavy atom. The van der Waals surface area contributed by atoms with Gasteiger partial charge in [0.05, 0.1) is 29.1 Å². The molecule has 0 aromatic heterocycles. The number of anilines is 3. The lowest BCUT2D eigenvalue weighted by molar-refractivity contribution is -0.110. The minimum atomic E-state index is -1.01. The first kappa shape index (κ1) is 14.3. The van der Waals surface area contributed by atoms with Crippen LogP contribution in [0.5, 0.6) is 0 Å². The fourth-order valence-corrected chi connectivity index (χ4v) is 3.18. The maximum Gasteiger partial charge on any atom is 0.335 e. The molecule has 2 aliphatic heterocycles. The van der Waals surface area contributed by atoms with Crippen LogP contribution < -0.4 is 15.5 Å². The van der Waals surface area contributed by atoms with Crippen LogP contribution in [-0.4, -0.2) is 30.6 Å². The molecule has 6 heteroatoms. The Bertz CT molecular complexity index is 917. The third-order valence-corrected chi connectivity index (χ3v) is 4.31. The predicted octanol–water partition coefficient (Wildman–Crippen LogP) is 2.61. The lowest BCUT2D eigenvalue weighted by Crippen LogP contribution is -2.30. The van der Waals surface area contributed by atoms with Gasteiger partial charge < -0.3 is 20.6 Å². The first-order chi connectivity index (χ1) is 11.5. The number of benzene rings is 2. The monoisotopic (exact) mass is 321 g/mol. The number of carbonyl (C=O) groups excluding carboxylic acids is 1. The van der Waals surface area contributed by atoms with Crippen molar-refractivity contribution in [1.29, 1.82) is 0 Å². The minimum Gasteiger partial charge on any atom is -0.478 e. The SMILES string of the molecule is CN1C/C(=C2/C(=O)Nc3ccc(C(=O)O)cc32)Nc2ccccc21. The zero-order valence-electron chi connectivity index (χ0n) is 13.0. The average molecular weight is 321 g/mol. The van der Waals surface area contributed by atoms with Crippen molar-refractivity contribution < 1.29 is 14.7 Å². The molecular formula is C18H15N3O3. The summed E-state index contributed by atoms with van der Waals surface area (Å²) >= 11 is 0. The number of para-hydroxylation sites is 2. The third-order valence-electron chi connectivity index (χ3n) is 4.31. The molecule has 0 bridgehead atoms. The largest absolute Gasteiger partial charge is 0.478 e. The summed E-state index contributed by atoms with van der Waals surface area (Å²) in [6.07, 6.45) is 0. The number of hydrogen-bond donors (Lipinski definition) is 3. The van der Waals surface area contributed by atoms with E-state index in [0.717, 1.165) is 17.1 Å². The molecule has 0 radical (unpaired) electrons. The summed E-state index contributed by atoms with van der Waals surface area (Å²) in [7, 11) is 1.96. The summed E-state index contributed by atoms with van der Waals surface area (Å²) < 4.78 is 0. The van der Waals surface area contributed by atoms with Crippen LogP contribution >= 0.6 is 0 Å². The van der Waals surface area contributed by atoms with Crippen LogP contribution in [0.1, 0.15) is 15.9 Å². The number of hydrogen-bond acceptors (Lipinski definition) is 4. The molecule has 4 rings (SSSR count). The zero-order valence-corrected chi connectivity index (χ0v) is 13.0. The highest BCUT2D eigenvalue weighted by Crippen LogP contribution is 2.38. The summed E-state index contributed by atoms with van der Waals surface area (Å²) in [5.41, 5.74) is 4.65. The molecule has 1 amide bonds. The van der Waals surface area contributed by atoms with E-state index in [-0.39, 0.29) is 11.5 Å². The number of fused-ring (bicyclic) bond motifs is 2. The van der Waals surface area contributed by atoms with Crippen LogP contribution in [0.2, 0.25) is 0 Å². The maximum absolute atomic E-state index is 12.5. The second-order valence-corrected chi connectivity index (χ2v) is 5.87. The van der Waals surface area contributed by atoms with Crippen molar-refractivity contribution in [2.75, 3.05) is 29.1 Å². The fraction of sp³-hybridized carbons (Fsp3) is 0.111. The van der Waals surface area contributed by atoms with Gasteiger partial charge in [-0.25, -0.2) is 4.79 Å².